The number of benzene rings is 1. The number of hydrogen-bond acceptors (Lipinski definition) is 6. The third kappa shape index (κ3) is 5.02. The zero-order valence-corrected chi connectivity index (χ0v) is 12.4. The maximum Gasteiger partial charge on any atom is 0.225 e. The average Bonchev–Trinajstić information content (AvgIpc) is 2.39. The Labute approximate surface area is 125 Å². The normalized spacial score (nSPS) is 12.1. The number of nitrogens with zero attached hydrogens (tertiary/aromatic N) is 2. The summed E-state index contributed by atoms with van der Waals surface area (Å²) in [5.41, 5.74) is 15.4. The molecule has 21 heavy (non-hydrogen) atoms. The number of aryl methyl sites for hydroxylation is 2. The van der Waals surface area contributed by atoms with Crippen LogP contribution < -0.4 is 22.1 Å². The van der Waals surface area contributed by atoms with E-state index < -0.39 is 0 Å². The lowest BCUT2D eigenvalue weighted by molar-refractivity contribution is 0.576. The van der Waals surface area contributed by atoms with Crippen molar-refractivity contribution in [1.82, 2.24) is 15.3 Å². The minimum absolute atomic E-state index is 0.389. The smallest absolute Gasteiger partial charge is 0.225 e. The number of anilines is 2. The SMILES string of the molecule is Cc1cc(C)nc(NC(N)NCCc2ccc(N)cc2)n1. The first-order valence-electron chi connectivity index (χ1n) is 6.95. The quantitative estimate of drug-likeness (QED) is 0.469. The second-order valence-corrected chi connectivity index (χ2v) is 5.04. The molecule has 0 saturated heterocycles. The van der Waals surface area contributed by atoms with E-state index in [1.54, 1.807) is 0 Å². The van der Waals surface area contributed by atoms with Crippen molar-refractivity contribution in [1.29, 1.82) is 0 Å². The van der Waals surface area contributed by atoms with Crippen LogP contribution in [0.3, 0.4) is 0 Å². The molecule has 0 aliphatic rings. The van der Waals surface area contributed by atoms with Crippen molar-refractivity contribution in [2.75, 3.05) is 17.6 Å². The predicted molar refractivity (Wildman–Crippen MR) is 85.7 cm³/mol. The molecule has 0 bridgehead atoms. The van der Waals surface area contributed by atoms with Gasteiger partial charge >= 0.3 is 0 Å². The van der Waals surface area contributed by atoms with Crippen LogP contribution in [0.2, 0.25) is 0 Å². The molecule has 0 radical (unpaired) electrons. The summed E-state index contributed by atoms with van der Waals surface area (Å²) >= 11 is 0. The van der Waals surface area contributed by atoms with Crippen LogP contribution in [0.15, 0.2) is 30.3 Å². The van der Waals surface area contributed by atoms with E-state index in [9.17, 15) is 0 Å². The summed E-state index contributed by atoms with van der Waals surface area (Å²) in [5.74, 6) is 0.542. The van der Waals surface area contributed by atoms with Gasteiger partial charge in [-0.25, -0.2) is 9.97 Å². The number of rotatable bonds is 6. The molecule has 0 amide bonds. The molecule has 6 heteroatoms. The highest BCUT2D eigenvalue weighted by atomic mass is 15.3. The van der Waals surface area contributed by atoms with Crippen molar-refractivity contribution < 1.29 is 0 Å². The summed E-state index contributed by atoms with van der Waals surface area (Å²) < 4.78 is 0. The lowest BCUT2D eigenvalue weighted by Crippen LogP contribution is -2.45. The van der Waals surface area contributed by atoms with Gasteiger partial charge in [0.25, 0.3) is 0 Å². The topological polar surface area (TPSA) is 102 Å². The number of nitrogens with two attached hydrogens (primary N) is 2. The molecule has 2 rings (SSSR count). The van der Waals surface area contributed by atoms with Gasteiger partial charge < -0.3 is 11.1 Å². The summed E-state index contributed by atoms with van der Waals surface area (Å²) in [6.07, 6.45) is 0.489. The van der Waals surface area contributed by atoms with Gasteiger partial charge in [0, 0.05) is 23.6 Å². The third-order valence-corrected chi connectivity index (χ3v) is 3.02. The van der Waals surface area contributed by atoms with Crippen molar-refractivity contribution in [2.45, 2.75) is 26.6 Å². The van der Waals surface area contributed by atoms with Crippen LogP contribution in [0.4, 0.5) is 11.6 Å². The highest BCUT2D eigenvalue weighted by molar-refractivity contribution is 5.39. The summed E-state index contributed by atoms with van der Waals surface area (Å²) in [6, 6.07) is 9.75. The standard InChI is InChI=1S/C15H22N6/c1-10-9-11(2)20-15(19-10)21-14(17)18-8-7-12-3-5-13(16)6-4-12/h3-6,9,14,18H,7-8,16-17H2,1-2H3,(H,19,20,21). The van der Waals surface area contributed by atoms with Crippen molar-refractivity contribution in [3.63, 3.8) is 0 Å². The zero-order valence-electron chi connectivity index (χ0n) is 12.4. The van der Waals surface area contributed by atoms with Crippen molar-refractivity contribution in [3.8, 4) is 0 Å². The molecule has 0 fully saturated rings. The monoisotopic (exact) mass is 286 g/mol. The van der Waals surface area contributed by atoms with Crippen molar-refractivity contribution in [3.05, 3.63) is 47.3 Å². The van der Waals surface area contributed by atoms with Gasteiger partial charge in [0.2, 0.25) is 5.95 Å². The summed E-state index contributed by atoms with van der Waals surface area (Å²) in [6.45, 7) is 4.61. The Bertz CT molecular complexity index is 561. The highest BCUT2D eigenvalue weighted by Crippen LogP contribution is 2.06. The van der Waals surface area contributed by atoms with E-state index in [1.165, 1.54) is 5.56 Å². The van der Waals surface area contributed by atoms with Crippen LogP contribution in [-0.4, -0.2) is 22.8 Å². The van der Waals surface area contributed by atoms with E-state index in [0.29, 0.717) is 5.95 Å². The van der Waals surface area contributed by atoms with E-state index in [2.05, 4.69) is 20.6 Å². The van der Waals surface area contributed by atoms with Crippen molar-refractivity contribution in [2.24, 2.45) is 5.73 Å². The summed E-state index contributed by atoms with van der Waals surface area (Å²) in [7, 11) is 0. The van der Waals surface area contributed by atoms with Gasteiger partial charge in [-0.15, -0.1) is 0 Å². The third-order valence-electron chi connectivity index (χ3n) is 3.02. The molecule has 112 valence electrons. The predicted octanol–water partition coefficient (Wildman–Crippen LogP) is 1.16. The summed E-state index contributed by atoms with van der Waals surface area (Å²) in [4.78, 5) is 8.59. The molecule has 0 spiro atoms. The van der Waals surface area contributed by atoms with E-state index in [1.807, 2.05) is 44.2 Å². The van der Waals surface area contributed by atoms with Crippen LogP contribution in [0.25, 0.3) is 0 Å². The Hall–Kier alpha value is -2.18. The molecular formula is C15H22N6. The van der Waals surface area contributed by atoms with Gasteiger partial charge in [-0.2, -0.15) is 0 Å². The second-order valence-electron chi connectivity index (χ2n) is 5.04. The van der Waals surface area contributed by atoms with Gasteiger partial charge in [-0.05, 0) is 44.0 Å². The molecule has 0 saturated carbocycles. The Morgan fingerprint density at radius 2 is 1.71 bits per heavy atom. The van der Waals surface area contributed by atoms with Crippen LogP contribution >= 0.6 is 0 Å². The Morgan fingerprint density at radius 1 is 1.10 bits per heavy atom. The number of hydrogen-bond donors (Lipinski definition) is 4. The first kappa shape index (κ1) is 15.2. The zero-order chi connectivity index (χ0) is 15.2. The van der Waals surface area contributed by atoms with Crippen LogP contribution in [0.5, 0.6) is 0 Å². The van der Waals surface area contributed by atoms with Gasteiger partial charge in [-0.1, -0.05) is 12.1 Å². The number of nitrogens with one attached hydrogen (secondary N) is 2. The lowest BCUT2D eigenvalue weighted by Gasteiger charge is -2.16. The fourth-order valence-electron chi connectivity index (χ4n) is 2.04. The van der Waals surface area contributed by atoms with Crippen molar-refractivity contribution >= 4 is 11.6 Å². The molecule has 6 nitrogen and oxygen atoms in total. The van der Waals surface area contributed by atoms with E-state index in [0.717, 1.165) is 30.0 Å². The van der Waals surface area contributed by atoms with Gasteiger partial charge in [0.05, 0.1) is 0 Å². The highest BCUT2D eigenvalue weighted by Gasteiger charge is 2.04. The molecule has 6 N–H and O–H groups in total. The molecule has 1 heterocycles. The largest absolute Gasteiger partial charge is 0.399 e. The Morgan fingerprint density at radius 3 is 2.33 bits per heavy atom. The molecule has 1 atom stereocenters. The first-order chi connectivity index (χ1) is 10.0. The van der Waals surface area contributed by atoms with Crippen LogP contribution in [-0.2, 0) is 6.42 Å². The minimum atomic E-state index is -0.389. The van der Waals surface area contributed by atoms with E-state index in [-0.39, 0.29) is 6.29 Å². The van der Waals surface area contributed by atoms with Gasteiger partial charge in [0.1, 0.15) is 6.29 Å². The van der Waals surface area contributed by atoms with Gasteiger partial charge in [0.15, 0.2) is 0 Å². The van der Waals surface area contributed by atoms with Crippen LogP contribution in [0, 0.1) is 13.8 Å². The Balaban J connectivity index is 1.79. The van der Waals surface area contributed by atoms with E-state index in [4.69, 9.17) is 11.5 Å². The number of nitrogen functional groups attached to an aromatic ring is 1. The molecule has 1 aromatic heterocycles. The maximum atomic E-state index is 5.97. The second kappa shape index (κ2) is 7.01. The Kier molecular flexibility index (Phi) is 5.08. The molecule has 0 aliphatic carbocycles. The fourth-order valence-corrected chi connectivity index (χ4v) is 2.04. The number of aromatic nitrogens is 2. The molecule has 1 unspecified atom stereocenters. The average molecular weight is 286 g/mol. The van der Waals surface area contributed by atoms with Gasteiger partial charge in [-0.3, -0.25) is 11.1 Å². The molecule has 0 aliphatic heterocycles. The first-order valence-corrected chi connectivity index (χ1v) is 6.95. The molecular weight excluding hydrogens is 264 g/mol. The molecule has 2 aromatic rings. The maximum absolute atomic E-state index is 5.97. The molecule has 1 aromatic carbocycles. The van der Waals surface area contributed by atoms with E-state index >= 15 is 0 Å². The minimum Gasteiger partial charge on any atom is -0.399 e. The lowest BCUT2D eigenvalue weighted by atomic mass is 10.1. The summed E-state index contributed by atoms with van der Waals surface area (Å²) in [5, 5.41) is 6.23. The fraction of sp³-hybridized carbons (Fsp3) is 0.333. The van der Waals surface area contributed by atoms with Crippen LogP contribution in [0.1, 0.15) is 17.0 Å².